The molecule has 0 aliphatic carbocycles. The molecule has 0 radical (unpaired) electrons. The van der Waals surface area contributed by atoms with Crippen molar-refractivity contribution in [2.24, 2.45) is 0 Å². The number of nitrogens with zero attached hydrogens (tertiary/aromatic N) is 3. The Bertz CT molecular complexity index is 451. The van der Waals surface area contributed by atoms with Gasteiger partial charge in [0.05, 0.1) is 6.10 Å². The quantitative estimate of drug-likeness (QED) is 0.787. The van der Waals surface area contributed by atoms with Gasteiger partial charge < -0.3 is 10.0 Å². The zero-order valence-corrected chi connectivity index (χ0v) is 8.94. The molecular formula is C10H11N3OS. The first kappa shape index (κ1) is 9.06. The van der Waals surface area contributed by atoms with Gasteiger partial charge in [-0.15, -0.1) is 0 Å². The molecule has 1 fully saturated rings. The van der Waals surface area contributed by atoms with E-state index in [0.717, 1.165) is 28.4 Å². The zero-order chi connectivity index (χ0) is 10.3. The molecule has 0 aromatic carbocycles. The molecule has 0 unspecified atom stereocenters. The predicted molar refractivity (Wildman–Crippen MR) is 60.3 cm³/mol. The SMILES string of the molecule is O[C@@H]1CCN(c2nc3cccnc3s2)C1. The number of hydrogen-bond donors (Lipinski definition) is 1. The van der Waals surface area contributed by atoms with Gasteiger partial charge in [-0.2, -0.15) is 0 Å². The Kier molecular flexibility index (Phi) is 2.07. The Morgan fingerprint density at radius 2 is 2.47 bits per heavy atom. The Morgan fingerprint density at radius 1 is 1.53 bits per heavy atom. The summed E-state index contributed by atoms with van der Waals surface area (Å²) < 4.78 is 0. The molecule has 1 aliphatic rings. The van der Waals surface area contributed by atoms with Crippen LogP contribution in [0.25, 0.3) is 10.3 Å². The monoisotopic (exact) mass is 221 g/mol. The normalized spacial score (nSPS) is 21.4. The molecule has 1 atom stereocenters. The van der Waals surface area contributed by atoms with E-state index in [1.165, 1.54) is 0 Å². The zero-order valence-electron chi connectivity index (χ0n) is 8.13. The van der Waals surface area contributed by atoms with E-state index in [-0.39, 0.29) is 6.10 Å². The topological polar surface area (TPSA) is 49.2 Å². The fourth-order valence-electron chi connectivity index (χ4n) is 1.81. The minimum absolute atomic E-state index is 0.204. The fraction of sp³-hybridized carbons (Fsp3) is 0.400. The van der Waals surface area contributed by atoms with Gasteiger partial charge in [-0.3, -0.25) is 0 Å². The van der Waals surface area contributed by atoms with Crippen LogP contribution >= 0.6 is 11.3 Å². The number of hydrogen-bond acceptors (Lipinski definition) is 5. The van der Waals surface area contributed by atoms with Crippen molar-refractivity contribution in [1.29, 1.82) is 0 Å². The Morgan fingerprint density at radius 3 is 3.20 bits per heavy atom. The number of aliphatic hydroxyl groups is 1. The number of thiazole rings is 1. The summed E-state index contributed by atoms with van der Waals surface area (Å²) in [6, 6.07) is 3.86. The molecule has 2 aromatic rings. The van der Waals surface area contributed by atoms with Gasteiger partial charge in [-0.25, -0.2) is 9.97 Å². The van der Waals surface area contributed by atoms with E-state index in [1.54, 1.807) is 17.5 Å². The number of aliphatic hydroxyl groups excluding tert-OH is 1. The molecule has 5 heteroatoms. The largest absolute Gasteiger partial charge is 0.391 e. The standard InChI is InChI=1S/C10H11N3OS/c14-7-3-5-13(6-7)10-12-8-2-1-4-11-9(8)15-10/h1-2,4,7,14H,3,5-6H2/t7-/m1/s1. The van der Waals surface area contributed by atoms with Gasteiger partial charge >= 0.3 is 0 Å². The summed E-state index contributed by atoms with van der Waals surface area (Å²) >= 11 is 1.59. The average Bonchev–Trinajstić information content (AvgIpc) is 2.82. The molecule has 1 aliphatic heterocycles. The van der Waals surface area contributed by atoms with E-state index in [4.69, 9.17) is 0 Å². The van der Waals surface area contributed by atoms with E-state index in [0.29, 0.717) is 6.54 Å². The minimum Gasteiger partial charge on any atom is -0.391 e. The highest BCUT2D eigenvalue weighted by molar-refractivity contribution is 7.21. The van der Waals surface area contributed by atoms with Crippen molar-refractivity contribution in [2.75, 3.05) is 18.0 Å². The van der Waals surface area contributed by atoms with Crippen LogP contribution in [-0.2, 0) is 0 Å². The average molecular weight is 221 g/mol. The van der Waals surface area contributed by atoms with Gasteiger partial charge in [-0.05, 0) is 18.6 Å². The van der Waals surface area contributed by atoms with Crippen LogP contribution in [0, 0.1) is 0 Å². The van der Waals surface area contributed by atoms with Crippen molar-refractivity contribution in [1.82, 2.24) is 9.97 Å². The molecule has 15 heavy (non-hydrogen) atoms. The lowest BCUT2D eigenvalue weighted by Crippen LogP contribution is -2.20. The first-order valence-corrected chi connectivity index (χ1v) is 5.79. The summed E-state index contributed by atoms with van der Waals surface area (Å²) in [7, 11) is 0. The number of pyridine rings is 1. The van der Waals surface area contributed by atoms with Crippen molar-refractivity contribution < 1.29 is 5.11 Å². The van der Waals surface area contributed by atoms with Crippen LogP contribution in [0.4, 0.5) is 5.13 Å². The second-order valence-electron chi connectivity index (χ2n) is 3.71. The van der Waals surface area contributed by atoms with E-state index in [1.807, 2.05) is 12.1 Å². The first-order valence-electron chi connectivity index (χ1n) is 4.97. The van der Waals surface area contributed by atoms with Gasteiger partial charge in [0.2, 0.25) is 0 Å². The number of β-amino-alcohol motifs (C(OH)–C–C–N with tert-alkyl or cyclic N) is 1. The lowest BCUT2D eigenvalue weighted by molar-refractivity contribution is 0.198. The lowest BCUT2D eigenvalue weighted by atomic mass is 10.3. The van der Waals surface area contributed by atoms with Crippen LogP contribution in [0.5, 0.6) is 0 Å². The second-order valence-corrected chi connectivity index (χ2v) is 4.67. The van der Waals surface area contributed by atoms with Crippen molar-refractivity contribution in [3.63, 3.8) is 0 Å². The Hall–Kier alpha value is -1.20. The fourth-order valence-corrected chi connectivity index (χ4v) is 2.75. The highest BCUT2D eigenvalue weighted by atomic mass is 32.1. The molecule has 2 aromatic heterocycles. The minimum atomic E-state index is -0.204. The van der Waals surface area contributed by atoms with Gasteiger partial charge in [-0.1, -0.05) is 11.3 Å². The van der Waals surface area contributed by atoms with Crippen LogP contribution < -0.4 is 4.90 Å². The van der Waals surface area contributed by atoms with Gasteiger partial charge in [0.15, 0.2) is 5.13 Å². The summed E-state index contributed by atoms with van der Waals surface area (Å²) in [5.41, 5.74) is 0.943. The van der Waals surface area contributed by atoms with Gasteiger partial charge in [0, 0.05) is 19.3 Å². The predicted octanol–water partition coefficient (Wildman–Crippen LogP) is 1.26. The van der Waals surface area contributed by atoms with Crippen molar-refractivity contribution in [3.05, 3.63) is 18.3 Å². The van der Waals surface area contributed by atoms with Crippen molar-refractivity contribution in [2.45, 2.75) is 12.5 Å². The van der Waals surface area contributed by atoms with Crippen LogP contribution in [0.3, 0.4) is 0 Å². The molecule has 0 saturated carbocycles. The van der Waals surface area contributed by atoms with Crippen LogP contribution in [0.15, 0.2) is 18.3 Å². The molecule has 0 bridgehead atoms. The maximum absolute atomic E-state index is 9.46. The molecular weight excluding hydrogens is 210 g/mol. The third kappa shape index (κ3) is 1.57. The molecule has 0 amide bonds. The third-order valence-electron chi connectivity index (χ3n) is 2.59. The Balaban J connectivity index is 1.98. The van der Waals surface area contributed by atoms with Crippen LogP contribution in [-0.4, -0.2) is 34.3 Å². The van der Waals surface area contributed by atoms with Gasteiger partial charge in [0.1, 0.15) is 10.3 Å². The number of rotatable bonds is 1. The first-order chi connectivity index (χ1) is 7.33. The van der Waals surface area contributed by atoms with Crippen LogP contribution in [0.2, 0.25) is 0 Å². The van der Waals surface area contributed by atoms with Gasteiger partial charge in [0.25, 0.3) is 0 Å². The highest BCUT2D eigenvalue weighted by Crippen LogP contribution is 2.29. The van der Waals surface area contributed by atoms with E-state index in [2.05, 4.69) is 14.9 Å². The van der Waals surface area contributed by atoms with Crippen molar-refractivity contribution in [3.8, 4) is 0 Å². The molecule has 3 heterocycles. The molecule has 1 N–H and O–H groups in total. The third-order valence-corrected chi connectivity index (χ3v) is 3.63. The summed E-state index contributed by atoms with van der Waals surface area (Å²) in [6.45, 7) is 1.58. The number of aromatic nitrogens is 2. The number of anilines is 1. The lowest BCUT2D eigenvalue weighted by Gasteiger charge is -2.12. The van der Waals surface area contributed by atoms with Crippen LogP contribution in [0.1, 0.15) is 6.42 Å². The molecule has 3 rings (SSSR count). The molecule has 78 valence electrons. The van der Waals surface area contributed by atoms with E-state index >= 15 is 0 Å². The molecule has 0 spiro atoms. The number of fused-ring (bicyclic) bond motifs is 1. The molecule has 4 nitrogen and oxygen atoms in total. The second kappa shape index (κ2) is 3.43. The maximum Gasteiger partial charge on any atom is 0.188 e. The highest BCUT2D eigenvalue weighted by Gasteiger charge is 2.22. The summed E-state index contributed by atoms with van der Waals surface area (Å²) in [5.74, 6) is 0. The Labute approximate surface area is 91.2 Å². The smallest absolute Gasteiger partial charge is 0.188 e. The van der Waals surface area contributed by atoms with E-state index < -0.39 is 0 Å². The summed E-state index contributed by atoms with van der Waals surface area (Å²) in [5, 5.41) is 10.4. The summed E-state index contributed by atoms with van der Waals surface area (Å²) in [6.07, 6.45) is 2.41. The summed E-state index contributed by atoms with van der Waals surface area (Å²) in [4.78, 5) is 11.8. The van der Waals surface area contributed by atoms with Crippen molar-refractivity contribution >= 4 is 26.8 Å². The van der Waals surface area contributed by atoms with E-state index in [9.17, 15) is 5.11 Å². The maximum atomic E-state index is 9.46. The molecule has 1 saturated heterocycles.